The Bertz CT molecular complexity index is 1650. The molecule has 2 aliphatic heterocycles. The van der Waals surface area contributed by atoms with Crippen molar-refractivity contribution in [2.75, 3.05) is 18.1 Å². The highest BCUT2D eigenvalue weighted by atomic mass is 35.5. The minimum atomic E-state index is -1.01. The van der Waals surface area contributed by atoms with Gasteiger partial charge in [-0.25, -0.2) is 4.98 Å². The van der Waals surface area contributed by atoms with Crippen molar-refractivity contribution >= 4 is 78.9 Å². The molecule has 7 nitrogen and oxygen atoms in total. The Kier molecular flexibility index (Phi) is 6.00. The van der Waals surface area contributed by atoms with E-state index in [-0.39, 0.29) is 21.5 Å². The predicted octanol–water partition coefficient (Wildman–Crippen LogP) is 6.65. The zero-order valence-electron chi connectivity index (χ0n) is 18.7. The molecule has 1 atom stereocenters. The summed E-state index contributed by atoms with van der Waals surface area (Å²) in [6.45, 7) is 0.765. The van der Waals surface area contributed by atoms with Crippen molar-refractivity contribution in [1.82, 2.24) is 4.98 Å². The summed E-state index contributed by atoms with van der Waals surface area (Å²) < 4.78 is 11.9. The maximum atomic E-state index is 13.4. The van der Waals surface area contributed by atoms with Gasteiger partial charge in [-0.3, -0.25) is 14.5 Å². The van der Waals surface area contributed by atoms with Gasteiger partial charge < -0.3 is 14.6 Å². The van der Waals surface area contributed by atoms with E-state index in [1.165, 1.54) is 16.2 Å². The molecule has 1 saturated heterocycles. The number of carbonyl (C=O) groups excluding carboxylic acids is 2. The fourth-order valence-electron chi connectivity index (χ4n) is 4.36. The normalized spacial score (nSPS) is 18.6. The molecule has 0 bridgehead atoms. The molecule has 0 saturated carbocycles. The zero-order valence-corrected chi connectivity index (χ0v) is 21.8. The standard InChI is InChI=1S/C26H15Cl3N2O5S/c27-14-3-5-17-20(11-14)37-26(30-17)31-22(12-1-4-15(28)16(29)9-12)21(24(33)25(31)34)23(32)13-2-6-18-19(10-13)36-8-7-35-18/h1-6,9-11,22,32H,7-8H2/b23-21-. The summed E-state index contributed by atoms with van der Waals surface area (Å²) in [6, 6.07) is 13.7. The molecule has 0 spiro atoms. The lowest BCUT2D eigenvalue weighted by atomic mass is 9.95. The molecule has 2 aliphatic rings. The Hall–Kier alpha value is -3.30. The molecule has 1 N–H and O–H groups in total. The Morgan fingerprint density at radius 2 is 1.73 bits per heavy atom. The van der Waals surface area contributed by atoms with E-state index >= 15 is 0 Å². The number of halogens is 3. The number of aromatic nitrogens is 1. The number of amides is 1. The van der Waals surface area contributed by atoms with Crippen LogP contribution in [0.1, 0.15) is 17.2 Å². The number of aliphatic hydroxyl groups is 1. The fraction of sp³-hybridized carbons (Fsp3) is 0.115. The second-order valence-corrected chi connectivity index (χ2v) is 10.6. The lowest BCUT2D eigenvalue weighted by Gasteiger charge is -2.23. The van der Waals surface area contributed by atoms with Crippen LogP contribution < -0.4 is 14.4 Å². The first kappa shape index (κ1) is 24.1. The van der Waals surface area contributed by atoms with E-state index in [1.54, 1.807) is 54.6 Å². The van der Waals surface area contributed by atoms with E-state index in [2.05, 4.69) is 4.98 Å². The molecular weight excluding hydrogens is 559 g/mol. The van der Waals surface area contributed by atoms with Crippen molar-refractivity contribution in [3.05, 3.63) is 86.4 Å². The van der Waals surface area contributed by atoms with Crippen LogP contribution in [0.5, 0.6) is 11.5 Å². The molecular formula is C26H15Cl3N2O5S. The molecule has 11 heteroatoms. The number of ketones is 1. The SMILES string of the molecule is O=C1C(=O)N(c2nc3ccc(Cl)cc3s2)C(c2ccc(Cl)c(Cl)c2)/C1=C(/O)c1ccc2c(c1)OCCO2. The molecule has 1 amide bonds. The largest absolute Gasteiger partial charge is 0.507 e. The van der Waals surface area contributed by atoms with Crippen LogP contribution >= 0.6 is 46.1 Å². The topological polar surface area (TPSA) is 89.0 Å². The van der Waals surface area contributed by atoms with Crippen LogP contribution in [0.4, 0.5) is 5.13 Å². The van der Waals surface area contributed by atoms with Gasteiger partial charge in [0.15, 0.2) is 16.6 Å². The van der Waals surface area contributed by atoms with E-state index in [0.29, 0.717) is 51.4 Å². The number of hydrogen-bond acceptors (Lipinski definition) is 7. The molecule has 0 aliphatic carbocycles. The van der Waals surface area contributed by atoms with Crippen LogP contribution in [-0.4, -0.2) is 35.0 Å². The number of hydrogen-bond donors (Lipinski definition) is 1. The van der Waals surface area contributed by atoms with Crippen LogP contribution in [0.3, 0.4) is 0 Å². The van der Waals surface area contributed by atoms with Crippen LogP contribution in [-0.2, 0) is 9.59 Å². The fourth-order valence-corrected chi connectivity index (χ4v) is 5.94. The highest BCUT2D eigenvalue weighted by Gasteiger charge is 2.48. The van der Waals surface area contributed by atoms with E-state index in [9.17, 15) is 14.7 Å². The highest BCUT2D eigenvalue weighted by molar-refractivity contribution is 7.22. The summed E-state index contributed by atoms with van der Waals surface area (Å²) in [4.78, 5) is 32.7. The summed E-state index contributed by atoms with van der Waals surface area (Å²) in [7, 11) is 0. The van der Waals surface area contributed by atoms with Gasteiger partial charge in [-0.1, -0.05) is 52.2 Å². The molecule has 186 valence electrons. The Balaban J connectivity index is 1.55. The van der Waals surface area contributed by atoms with Gasteiger partial charge in [0.2, 0.25) is 0 Å². The summed E-state index contributed by atoms with van der Waals surface area (Å²) in [5, 5.41) is 12.7. The number of Topliss-reactive ketones (excluding diaryl/α,β-unsaturated/α-hetero) is 1. The van der Waals surface area contributed by atoms with E-state index < -0.39 is 17.7 Å². The van der Waals surface area contributed by atoms with Crippen LogP contribution in [0.15, 0.2) is 60.2 Å². The third kappa shape index (κ3) is 4.10. The lowest BCUT2D eigenvalue weighted by Crippen LogP contribution is -2.29. The molecule has 1 fully saturated rings. The summed E-state index contributed by atoms with van der Waals surface area (Å²) in [6.07, 6.45) is 0. The van der Waals surface area contributed by atoms with Gasteiger partial charge in [-0.15, -0.1) is 0 Å². The third-order valence-corrected chi connectivity index (χ3v) is 8.06. The molecule has 1 unspecified atom stereocenters. The van der Waals surface area contributed by atoms with Gasteiger partial charge >= 0.3 is 5.91 Å². The number of anilines is 1. The molecule has 6 rings (SSSR count). The number of fused-ring (bicyclic) bond motifs is 2. The van der Waals surface area contributed by atoms with Crippen LogP contribution in [0.2, 0.25) is 15.1 Å². The average Bonchev–Trinajstić information content (AvgIpc) is 3.42. The molecule has 1 aromatic heterocycles. The minimum absolute atomic E-state index is 0.114. The van der Waals surface area contributed by atoms with E-state index in [1.807, 2.05) is 0 Å². The van der Waals surface area contributed by atoms with Gasteiger partial charge in [0.05, 0.1) is 31.9 Å². The number of thiazole rings is 1. The smallest absolute Gasteiger partial charge is 0.301 e. The highest BCUT2D eigenvalue weighted by Crippen LogP contribution is 2.46. The molecule has 0 radical (unpaired) electrons. The third-order valence-electron chi connectivity index (χ3n) is 6.06. The van der Waals surface area contributed by atoms with Gasteiger partial charge in [0.25, 0.3) is 5.78 Å². The van der Waals surface area contributed by atoms with Crippen molar-refractivity contribution in [3.8, 4) is 11.5 Å². The minimum Gasteiger partial charge on any atom is -0.507 e. The number of rotatable bonds is 3. The Labute approximate surface area is 229 Å². The predicted molar refractivity (Wildman–Crippen MR) is 143 cm³/mol. The number of benzene rings is 3. The summed E-state index contributed by atoms with van der Waals surface area (Å²) in [5.41, 5.74) is 1.27. The van der Waals surface area contributed by atoms with Crippen molar-refractivity contribution in [1.29, 1.82) is 0 Å². The Morgan fingerprint density at radius 3 is 2.51 bits per heavy atom. The van der Waals surface area contributed by atoms with Crippen molar-refractivity contribution < 1.29 is 24.2 Å². The summed E-state index contributed by atoms with van der Waals surface area (Å²) in [5.74, 6) is -1.10. The molecule has 4 aromatic rings. The van der Waals surface area contributed by atoms with E-state index in [4.69, 9.17) is 44.3 Å². The second kappa shape index (κ2) is 9.22. The van der Waals surface area contributed by atoms with E-state index in [0.717, 1.165) is 4.70 Å². The van der Waals surface area contributed by atoms with Gasteiger partial charge in [-0.2, -0.15) is 0 Å². The van der Waals surface area contributed by atoms with Crippen LogP contribution in [0, 0.1) is 0 Å². The maximum absolute atomic E-state index is 13.4. The van der Waals surface area contributed by atoms with Crippen molar-refractivity contribution in [2.24, 2.45) is 0 Å². The first-order valence-corrected chi connectivity index (χ1v) is 13.0. The van der Waals surface area contributed by atoms with Crippen molar-refractivity contribution in [2.45, 2.75) is 6.04 Å². The summed E-state index contributed by atoms with van der Waals surface area (Å²) >= 11 is 19.8. The van der Waals surface area contributed by atoms with Gasteiger partial charge in [-0.05, 0) is 54.1 Å². The number of aliphatic hydroxyl groups excluding tert-OH is 1. The maximum Gasteiger partial charge on any atom is 0.301 e. The quantitative estimate of drug-likeness (QED) is 0.168. The first-order valence-electron chi connectivity index (χ1n) is 11.0. The molecule has 3 heterocycles. The monoisotopic (exact) mass is 572 g/mol. The first-order chi connectivity index (χ1) is 17.8. The van der Waals surface area contributed by atoms with Crippen molar-refractivity contribution in [3.63, 3.8) is 0 Å². The Morgan fingerprint density at radius 1 is 0.946 bits per heavy atom. The van der Waals surface area contributed by atoms with Gasteiger partial charge in [0.1, 0.15) is 19.0 Å². The zero-order chi connectivity index (χ0) is 25.8. The average molecular weight is 574 g/mol. The van der Waals surface area contributed by atoms with Crippen LogP contribution in [0.25, 0.3) is 16.0 Å². The molecule has 3 aromatic carbocycles. The molecule has 37 heavy (non-hydrogen) atoms. The van der Waals surface area contributed by atoms with Gasteiger partial charge in [0, 0.05) is 10.6 Å². The number of carbonyl (C=O) groups is 2. The number of nitrogens with zero attached hydrogens (tertiary/aromatic N) is 2. The lowest BCUT2D eigenvalue weighted by molar-refractivity contribution is -0.132. The number of ether oxygens (including phenoxy) is 2. The second-order valence-electron chi connectivity index (χ2n) is 8.31.